The Morgan fingerprint density at radius 1 is 1.08 bits per heavy atom. The number of carbonyl (C=O) groups is 2. The Morgan fingerprint density at radius 3 is 2.20 bits per heavy atom. The SMILES string of the molecule is O=C1OC(CSc2ccncc2)(C(=O)O)C(Sc2ccncc2)=C1O. The van der Waals surface area contributed by atoms with Crippen molar-refractivity contribution >= 4 is 35.5 Å². The van der Waals surface area contributed by atoms with Crippen LogP contribution in [-0.4, -0.2) is 43.5 Å². The van der Waals surface area contributed by atoms with Crippen LogP contribution in [-0.2, 0) is 14.3 Å². The molecule has 1 atom stereocenters. The molecule has 0 saturated carbocycles. The van der Waals surface area contributed by atoms with Crippen molar-refractivity contribution in [1.29, 1.82) is 0 Å². The lowest BCUT2D eigenvalue weighted by atomic mass is 10.1. The number of rotatable bonds is 6. The Labute approximate surface area is 151 Å². The fraction of sp³-hybridized carbons (Fsp3) is 0.125. The summed E-state index contributed by atoms with van der Waals surface area (Å²) in [5.41, 5.74) is -1.96. The summed E-state index contributed by atoms with van der Waals surface area (Å²) in [5, 5.41) is 19.8. The first-order valence-electron chi connectivity index (χ1n) is 7.04. The van der Waals surface area contributed by atoms with Crippen LogP contribution in [0.25, 0.3) is 0 Å². The van der Waals surface area contributed by atoms with E-state index in [0.717, 1.165) is 16.7 Å². The third-order valence-electron chi connectivity index (χ3n) is 3.35. The number of carboxylic acid groups (broad SMARTS) is 1. The van der Waals surface area contributed by atoms with E-state index in [0.29, 0.717) is 4.90 Å². The summed E-state index contributed by atoms with van der Waals surface area (Å²) in [4.78, 5) is 33.0. The lowest BCUT2D eigenvalue weighted by Crippen LogP contribution is -2.43. The molecule has 0 radical (unpaired) electrons. The Bertz CT molecular complexity index is 829. The number of aromatic nitrogens is 2. The molecule has 2 aromatic heterocycles. The van der Waals surface area contributed by atoms with Gasteiger partial charge < -0.3 is 14.9 Å². The molecule has 0 bridgehead atoms. The Morgan fingerprint density at radius 2 is 1.64 bits per heavy atom. The number of aliphatic hydroxyl groups excluding tert-OH is 1. The van der Waals surface area contributed by atoms with E-state index >= 15 is 0 Å². The monoisotopic (exact) mass is 376 g/mol. The van der Waals surface area contributed by atoms with Gasteiger partial charge in [-0.1, -0.05) is 11.8 Å². The molecule has 0 fully saturated rings. The topological polar surface area (TPSA) is 110 Å². The first-order valence-corrected chi connectivity index (χ1v) is 8.84. The highest BCUT2D eigenvalue weighted by Gasteiger charge is 2.55. The summed E-state index contributed by atoms with van der Waals surface area (Å²) < 4.78 is 5.09. The number of esters is 1. The summed E-state index contributed by atoms with van der Waals surface area (Å²) in [6.07, 6.45) is 6.23. The third kappa shape index (κ3) is 3.47. The van der Waals surface area contributed by atoms with Crippen LogP contribution in [0.15, 0.2) is 69.5 Å². The van der Waals surface area contributed by atoms with Gasteiger partial charge in [-0.25, -0.2) is 9.59 Å². The van der Waals surface area contributed by atoms with Crippen LogP contribution in [0.1, 0.15) is 0 Å². The minimum atomic E-state index is -1.96. The number of cyclic esters (lactones) is 1. The molecule has 2 aromatic rings. The van der Waals surface area contributed by atoms with Crippen LogP contribution in [0, 0.1) is 0 Å². The number of hydrogen-bond acceptors (Lipinski definition) is 8. The van der Waals surface area contributed by atoms with E-state index in [1.54, 1.807) is 36.7 Å². The van der Waals surface area contributed by atoms with Crippen molar-refractivity contribution in [3.05, 3.63) is 59.7 Å². The number of carboxylic acids is 1. The first kappa shape index (κ1) is 17.3. The second-order valence-corrected chi connectivity index (χ2v) is 7.09. The normalized spacial score (nSPS) is 19.8. The lowest BCUT2D eigenvalue weighted by molar-refractivity contribution is -0.165. The molecule has 3 heterocycles. The molecule has 2 N–H and O–H groups in total. The highest BCUT2D eigenvalue weighted by molar-refractivity contribution is 8.03. The molecule has 0 saturated heterocycles. The second kappa shape index (κ2) is 7.16. The van der Waals surface area contributed by atoms with Crippen LogP contribution >= 0.6 is 23.5 Å². The average molecular weight is 376 g/mol. The number of thioether (sulfide) groups is 2. The Hall–Kier alpha value is -2.52. The molecule has 1 aliphatic heterocycles. The van der Waals surface area contributed by atoms with E-state index in [1.807, 2.05) is 0 Å². The smallest absolute Gasteiger partial charge is 0.375 e. The van der Waals surface area contributed by atoms with Gasteiger partial charge in [-0.05, 0) is 24.3 Å². The van der Waals surface area contributed by atoms with Crippen LogP contribution in [0.2, 0.25) is 0 Å². The second-order valence-electron chi connectivity index (χ2n) is 4.96. The van der Waals surface area contributed by atoms with Gasteiger partial charge in [-0.15, -0.1) is 11.8 Å². The van der Waals surface area contributed by atoms with Gasteiger partial charge in [0.1, 0.15) is 0 Å². The minimum Gasteiger partial charge on any atom is -0.501 e. The van der Waals surface area contributed by atoms with Crippen molar-refractivity contribution in [3.63, 3.8) is 0 Å². The number of hydrogen-bond donors (Lipinski definition) is 2. The quantitative estimate of drug-likeness (QED) is 0.580. The van der Waals surface area contributed by atoms with Gasteiger partial charge in [0.25, 0.3) is 5.60 Å². The number of carbonyl (C=O) groups excluding carboxylic acids is 1. The minimum absolute atomic E-state index is 0.0437. The predicted molar refractivity (Wildman–Crippen MR) is 91.2 cm³/mol. The van der Waals surface area contributed by atoms with Crippen LogP contribution in [0.5, 0.6) is 0 Å². The van der Waals surface area contributed by atoms with Crippen molar-refractivity contribution in [1.82, 2.24) is 9.97 Å². The predicted octanol–water partition coefficient (Wildman–Crippen LogP) is 2.51. The van der Waals surface area contributed by atoms with Crippen molar-refractivity contribution < 1.29 is 24.5 Å². The highest BCUT2D eigenvalue weighted by Crippen LogP contribution is 2.45. The summed E-state index contributed by atoms with van der Waals surface area (Å²) in [6, 6.07) is 6.74. The molecule has 3 rings (SSSR count). The summed E-state index contributed by atoms with van der Waals surface area (Å²) >= 11 is 2.16. The largest absolute Gasteiger partial charge is 0.501 e. The van der Waals surface area contributed by atoms with E-state index in [1.165, 1.54) is 24.2 Å². The maximum atomic E-state index is 12.0. The molecule has 128 valence electrons. The van der Waals surface area contributed by atoms with Gasteiger partial charge in [0, 0.05) is 34.6 Å². The molecule has 1 unspecified atom stereocenters. The molecule has 0 aliphatic carbocycles. The highest BCUT2D eigenvalue weighted by atomic mass is 32.2. The Balaban J connectivity index is 1.93. The molecule has 9 heteroatoms. The maximum Gasteiger partial charge on any atom is 0.375 e. The average Bonchev–Trinajstić information content (AvgIpc) is 2.87. The van der Waals surface area contributed by atoms with Gasteiger partial charge >= 0.3 is 11.9 Å². The summed E-state index contributed by atoms with van der Waals surface area (Å²) in [7, 11) is 0. The van der Waals surface area contributed by atoms with E-state index in [-0.39, 0.29) is 10.7 Å². The lowest BCUT2D eigenvalue weighted by Gasteiger charge is -2.25. The Kier molecular flexibility index (Phi) is 4.95. The molecule has 25 heavy (non-hydrogen) atoms. The summed E-state index contributed by atoms with van der Waals surface area (Å²) in [5.74, 6) is -3.16. The fourth-order valence-electron chi connectivity index (χ4n) is 2.11. The molecule has 0 aromatic carbocycles. The molecule has 7 nitrogen and oxygen atoms in total. The van der Waals surface area contributed by atoms with Crippen LogP contribution < -0.4 is 0 Å². The van der Waals surface area contributed by atoms with Crippen molar-refractivity contribution in [2.45, 2.75) is 15.4 Å². The number of ether oxygens (including phenoxy) is 1. The van der Waals surface area contributed by atoms with E-state index in [4.69, 9.17) is 4.74 Å². The number of nitrogens with zero attached hydrogens (tertiary/aromatic N) is 2. The van der Waals surface area contributed by atoms with Gasteiger partial charge in [0.15, 0.2) is 0 Å². The summed E-state index contributed by atoms with van der Waals surface area (Å²) in [6.45, 7) is 0. The van der Waals surface area contributed by atoms with E-state index < -0.39 is 23.3 Å². The van der Waals surface area contributed by atoms with Gasteiger partial charge in [0.2, 0.25) is 5.76 Å². The number of aliphatic hydroxyl groups is 1. The zero-order valence-corrected chi connectivity index (χ0v) is 14.3. The maximum absolute atomic E-state index is 12.0. The standard InChI is InChI=1S/C16H12N2O5S2/c19-12-13(25-11-3-7-18-8-4-11)16(15(21)22,23-14(12)20)9-24-10-1-5-17-6-2-10/h1-8,19H,9H2,(H,21,22). The zero-order valence-electron chi connectivity index (χ0n) is 12.7. The third-order valence-corrected chi connectivity index (χ3v) is 5.74. The van der Waals surface area contributed by atoms with Gasteiger partial charge in [0.05, 0.1) is 10.7 Å². The van der Waals surface area contributed by atoms with Crippen LogP contribution in [0.3, 0.4) is 0 Å². The molecule has 0 amide bonds. The zero-order chi connectivity index (χ0) is 17.9. The first-order chi connectivity index (χ1) is 12.0. The van der Waals surface area contributed by atoms with Crippen LogP contribution in [0.4, 0.5) is 0 Å². The fourth-order valence-corrected chi connectivity index (χ4v) is 4.25. The van der Waals surface area contributed by atoms with Gasteiger partial charge in [-0.2, -0.15) is 0 Å². The van der Waals surface area contributed by atoms with Crippen molar-refractivity contribution in [2.24, 2.45) is 0 Å². The molecule has 0 spiro atoms. The number of aliphatic carboxylic acids is 1. The molecule has 1 aliphatic rings. The number of pyridine rings is 2. The van der Waals surface area contributed by atoms with Crippen molar-refractivity contribution in [3.8, 4) is 0 Å². The molecular formula is C16H12N2O5S2. The van der Waals surface area contributed by atoms with E-state index in [9.17, 15) is 19.8 Å². The molecular weight excluding hydrogens is 364 g/mol. The van der Waals surface area contributed by atoms with Crippen molar-refractivity contribution in [2.75, 3.05) is 5.75 Å². The van der Waals surface area contributed by atoms with Gasteiger partial charge in [-0.3, -0.25) is 9.97 Å². The van der Waals surface area contributed by atoms with E-state index in [2.05, 4.69) is 9.97 Å².